The zero-order chi connectivity index (χ0) is 15.1. The van der Waals surface area contributed by atoms with E-state index >= 15 is 0 Å². The normalized spacial score (nSPS) is 18.4. The van der Waals surface area contributed by atoms with E-state index < -0.39 is 5.54 Å². The monoisotopic (exact) mass is 289 g/mol. The summed E-state index contributed by atoms with van der Waals surface area (Å²) in [5, 5.41) is 3.51. The molecule has 0 saturated heterocycles. The number of rotatable bonds is 4. The highest BCUT2D eigenvalue weighted by atomic mass is 16.5. The summed E-state index contributed by atoms with van der Waals surface area (Å²) < 4.78 is 5.38. The average molecular weight is 289 g/mol. The molecule has 0 radical (unpaired) electrons. The fraction of sp³-hybridized carbons (Fsp3) is 0.611. The topological polar surface area (TPSA) is 38.3 Å². The molecule has 0 atom stereocenters. The molecule has 1 aromatic rings. The van der Waals surface area contributed by atoms with Crippen LogP contribution in [-0.4, -0.2) is 18.1 Å². The van der Waals surface area contributed by atoms with E-state index in [4.69, 9.17) is 4.74 Å². The summed E-state index contributed by atoms with van der Waals surface area (Å²) in [5.41, 5.74) is 1.66. The molecule has 1 saturated carbocycles. The number of anilines is 1. The Bertz CT molecular complexity index is 462. The maximum absolute atomic E-state index is 12.6. The van der Waals surface area contributed by atoms with Gasteiger partial charge in [0.25, 0.3) is 0 Å². The lowest BCUT2D eigenvalue weighted by Crippen LogP contribution is -2.48. The van der Waals surface area contributed by atoms with Gasteiger partial charge >= 0.3 is 5.97 Å². The fourth-order valence-corrected chi connectivity index (χ4v) is 3.16. The number of hydrogen-bond donors (Lipinski definition) is 1. The fourth-order valence-electron chi connectivity index (χ4n) is 3.16. The van der Waals surface area contributed by atoms with E-state index in [1.165, 1.54) is 24.8 Å². The van der Waals surface area contributed by atoms with Crippen molar-refractivity contribution in [1.82, 2.24) is 0 Å². The van der Waals surface area contributed by atoms with Crippen LogP contribution in [0.5, 0.6) is 0 Å². The van der Waals surface area contributed by atoms with E-state index in [9.17, 15) is 4.79 Å². The van der Waals surface area contributed by atoms with Gasteiger partial charge in [-0.1, -0.05) is 44.2 Å². The molecular weight excluding hydrogens is 262 g/mol. The van der Waals surface area contributed by atoms with Gasteiger partial charge in [-0.05, 0) is 44.4 Å². The zero-order valence-electron chi connectivity index (χ0n) is 13.3. The summed E-state index contributed by atoms with van der Waals surface area (Å²) in [6.07, 6.45) is 7.57. The molecule has 0 spiro atoms. The summed E-state index contributed by atoms with van der Waals surface area (Å²) >= 11 is 0. The molecule has 2 rings (SSSR count). The summed E-state index contributed by atoms with van der Waals surface area (Å²) in [7, 11) is 0. The first-order chi connectivity index (χ1) is 10.2. The molecule has 0 aliphatic heterocycles. The number of hydrogen-bond acceptors (Lipinski definition) is 3. The van der Waals surface area contributed by atoms with Gasteiger partial charge in [0.05, 0.1) is 6.61 Å². The van der Waals surface area contributed by atoms with Crippen molar-refractivity contribution in [3.8, 4) is 0 Å². The Hall–Kier alpha value is -1.51. The van der Waals surface area contributed by atoms with E-state index in [1.807, 2.05) is 19.1 Å². The Balaban J connectivity index is 2.23. The largest absolute Gasteiger partial charge is 0.464 e. The van der Waals surface area contributed by atoms with Crippen molar-refractivity contribution in [1.29, 1.82) is 0 Å². The highest BCUT2D eigenvalue weighted by Crippen LogP contribution is 2.31. The van der Waals surface area contributed by atoms with Crippen LogP contribution < -0.4 is 5.32 Å². The summed E-state index contributed by atoms with van der Waals surface area (Å²) in [6, 6.07) is 8.23. The molecule has 3 nitrogen and oxygen atoms in total. The van der Waals surface area contributed by atoms with Crippen LogP contribution >= 0.6 is 0 Å². The Kier molecular flexibility index (Phi) is 5.66. The van der Waals surface area contributed by atoms with Crippen molar-refractivity contribution in [2.45, 2.75) is 64.3 Å². The third-order valence-electron chi connectivity index (χ3n) is 4.27. The van der Waals surface area contributed by atoms with Gasteiger partial charge in [-0.3, -0.25) is 0 Å². The van der Waals surface area contributed by atoms with Crippen LogP contribution in [0.15, 0.2) is 24.3 Å². The van der Waals surface area contributed by atoms with Gasteiger partial charge in [0.2, 0.25) is 0 Å². The Labute approximate surface area is 128 Å². The standard InChI is InChI=1S/C18H27NO2/c1-3-21-17(20)18(12-7-5-4-6-8-13-18)19-16-11-9-10-15(2)14-16/h9-11,14,19H,3-8,12-13H2,1-2H3. The lowest BCUT2D eigenvalue weighted by molar-refractivity contribution is -0.149. The minimum atomic E-state index is -0.551. The second kappa shape index (κ2) is 7.48. The number of carbonyl (C=O) groups is 1. The van der Waals surface area contributed by atoms with Gasteiger partial charge in [-0.2, -0.15) is 0 Å². The van der Waals surface area contributed by atoms with Crippen LogP contribution in [0, 0.1) is 6.92 Å². The smallest absolute Gasteiger partial charge is 0.331 e. The second-order valence-corrected chi connectivity index (χ2v) is 6.06. The van der Waals surface area contributed by atoms with Crippen LogP contribution in [0.2, 0.25) is 0 Å². The second-order valence-electron chi connectivity index (χ2n) is 6.06. The first-order valence-corrected chi connectivity index (χ1v) is 8.18. The van der Waals surface area contributed by atoms with E-state index in [0.29, 0.717) is 6.61 Å². The van der Waals surface area contributed by atoms with Gasteiger partial charge in [-0.25, -0.2) is 4.79 Å². The lowest BCUT2D eigenvalue weighted by Gasteiger charge is -2.35. The lowest BCUT2D eigenvalue weighted by atomic mass is 9.83. The predicted molar refractivity (Wildman–Crippen MR) is 86.5 cm³/mol. The van der Waals surface area contributed by atoms with E-state index in [2.05, 4.69) is 24.4 Å². The zero-order valence-corrected chi connectivity index (χ0v) is 13.3. The van der Waals surface area contributed by atoms with Gasteiger partial charge in [-0.15, -0.1) is 0 Å². The number of ether oxygens (including phenoxy) is 1. The molecule has 0 unspecified atom stereocenters. The number of nitrogens with one attached hydrogen (secondary N) is 1. The molecule has 3 heteroatoms. The predicted octanol–water partition coefficient (Wildman–Crippen LogP) is 4.45. The first-order valence-electron chi connectivity index (χ1n) is 8.18. The van der Waals surface area contributed by atoms with Crippen molar-refractivity contribution < 1.29 is 9.53 Å². The molecule has 0 aromatic heterocycles. The summed E-state index contributed by atoms with van der Waals surface area (Å²) in [5.74, 6) is -0.0894. The number of benzene rings is 1. The molecule has 1 aromatic carbocycles. The molecule has 21 heavy (non-hydrogen) atoms. The van der Waals surface area contributed by atoms with Crippen LogP contribution in [0.25, 0.3) is 0 Å². The SMILES string of the molecule is CCOC(=O)C1(Nc2cccc(C)c2)CCCCCCC1. The molecule has 0 heterocycles. The van der Waals surface area contributed by atoms with Crippen molar-refractivity contribution in [2.24, 2.45) is 0 Å². The minimum absolute atomic E-state index is 0.0894. The molecule has 1 fully saturated rings. The maximum atomic E-state index is 12.6. The quantitative estimate of drug-likeness (QED) is 0.832. The molecule has 116 valence electrons. The number of esters is 1. The third kappa shape index (κ3) is 4.23. The third-order valence-corrected chi connectivity index (χ3v) is 4.27. The van der Waals surface area contributed by atoms with E-state index in [-0.39, 0.29) is 5.97 Å². The van der Waals surface area contributed by atoms with Crippen molar-refractivity contribution in [2.75, 3.05) is 11.9 Å². The van der Waals surface area contributed by atoms with Gasteiger partial charge in [0.15, 0.2) is 0 Å². The van der Waals surface area contributed by atoms with Gasteiger partial charge in [0.1, 0.15) is 5.54 Å². The van der Waals surface area contributed by atoms with Crippen molar-refractivity contribution in [3.63, 3.8) is 0 Å². The number of carbonyl (C=O) groups excluding carboxylic acids is 1. The first kappa shape index (κ1) is 15.9. The average Bonchev–Trinajstić information content (AvgIpc) is 2.42. The molecule has 0 amide bonds. The van der Waals surface area contributed by atoms with E-state index in [0.717, 1.165) is 31.4 Å². The van der Waals surface area contributed by atoms with Crippen molar-refractivity contribution >= 4 is 11.7 Å². The molecule has 0 bridgehead atoms. The van der Waals surface area contributed by atoms with Crippen LogP contribution in [0.3, 0.4) is 0 Å². The maximum Gasteiger partial charge on any atom is 0.331 e. The van der Waals surface area contributed by atoms with E-state index in [1.54, 1.807) is 0 Å². The minimum Gasteiger partial charge on any atom is -0.464 e. The Morgan fingerprint density at radius 3 is 2.48 bits per heavy atom. The highest BCUT2D eigenvalue weighted by molar-refractivity contribution is 5.84. The molecule has 1 aliphatic carbocycles. The number of aryl methyl sites for hydroxylation is 1. The van der Waals surface area contributed by atoms with Crippen LogP contribution in [0.4, 0.5) is 5.69 Å². The van der Waals surface area contributed by atoms with Crippen molar-refractivity contribution in [3.05, 3.63) is 29.8 Å². The summed E-state index contributed by atoms with van der Waals surface area (Å²) in [6.45, 7) is 4.39. The Morgan fingerprint density at radius 1 is 1.19 bits per heavy atom. The van der Waals surface area contributed by atoms with Crippen LogP contribution in [0.1, 0.15) is 57.4 Å². The highest BCUT2D eigenvalue weighted by Gasteiger charge is 2.39. The summed E-state index contributed by atoms with van der Waals surface area (Å²) in [4.78, 5) is 12.6. The molecular formula is C18H27NO2. The van der Waals surface area contributed by atoms with Crippen LogP contribution in [-0.2, 0) is 9.53 Å². The Morgan fingerprint density at radius 2 is 1.86 bits per heavy atom. The molecule has 1 aliphatic rings. The molecule has 1 N–H and O–H groups in total. The van der Waals surface area contributed by atoms with Gasteiger partial charge in [0, 0.05) is 5.69 Å². The van der Waals surface area contributed by atoms with Gasteiger partial charge < -0.3 is 10.1 Å².